The summed E-state index contributed by atoms with van der Waals surface area (Å²) in [5.74, 6) is -0.265. The van der Waals surface area contributed by atoms with Gasteiger partial charge in [0.2, 0.25) is 9.68 Å². The summed E-state index contributed by atoms with van der Waals surface area (Å²) >= 11 is 3.46. The predicted octanol–water partition coefficient (Wildman–Crippen LogP) is 7.35. The molecule has 1 aliphatic heterocycles. The van der Waals surface area contributed by atoms with E-state index in [1.165, 1.54) is 14.3 Å². The first-order valence-corrected chi connectivity index (χ1v) is 20.4. The van der Waals surface area contributed by atoms with Crippen LogP contribution in [0, 0.1) is 6.92 Å². The molecule has 2 N–H and O–H groups in total. The van der Waals surface area contributed by atoms with Gasteiger partial charge in [0.25, 0.3) is 11.8 Å². The van der Waals surface area contributed by atoms with Crippen LogP contribution < -0.4 is 9.48 Å². The van der Waals surface area contributed by atoms with Crippen LogP contribution in [0.25, 0.3) is 5.69 Å². The fourth-order valence-corrected chi connectivity index (χ4v) is 9.29. The molecule has 0 saturated heterocycles. The van der Waals surface area contributed by atoms with Gasteiger partial charge in [-0.3, -0.25) is 9.59 Å². The Morgan fingerprint density at radius 3 is 2.41 bits per heavy atom. The van der Waals surface area contributed by atoms with Gasteiger partial charge >= 0.3 is 0 Å². The summed E-state index contributed by atoms with van der Waals surface area (Å²) in [4.78, 5) is 38.0. The number of fused-ring (bicyclic) bond motifs is 1. The zero-order valence-electron chi connectivity index (χ0n) is 29.5. The molecule has 5 aromatic rings. The number of benzene rings is 3. The van der Waals surface area contributed by atoms with Crippen LogP contribution in [0.5, 0.6) is 0 Å². The molecule has 2 radical (unpaired) electrons. The average Bonchev–Trinajstić information content (AvgIpc) is 3.78. The number of aromatic nitrogens is 2. The normalized spacial score (nSPS) is 14.0. The Bertz CT molecular complexity index is 1940. The number of nitrogens with one attached hydrogen (secondary N) is 1. The Morgan fingerprint density at radius 2 is 1.69 bits per heavy atom. The van der Waals surface area contributed by atoms with Gasteiger partial charge in [-0.2, -0.15) is 16.4 Å². The molecule has 1 aliphatic rings. The summed E-state index contributed by atoms with van der Waals surface area (Å²) in [6.07, 6.45) is 4.47. The highest BCUT2D eigenvalue weighted by atomic mass is 32.2. The lowest BCUT2D eigenvalue weighted by Gasteiger charge is -2.36. The van der Waals surface area contributed by atoms with Gasteiger partial charge in [-0.05, 0) is 79.8 Å². The monoisotopic (exact) mass is 735 g/mol. The maximum absolute atomic E-state index is 14.6. The number of nitrogens with zero attached hydrogens (tertiary/aromatic N) is 4. The molecule has 3 heterocycles. The standard InChI is InChI=1S/C40H45N5O3S2Si/c1-4-6-19-43(20-7-5-2)40(48)36-21-28(3)45(41-36)37-18-17-31(42-51-38-24-34(27-49-38)50-33-15-9-8-10-16-33)23-35(37)39(47)44-25-30-14-12-11-13-29(30)22-32(44)26-46/h8-18,21,23-24,27,32,42,46H,4-7,19-20,22,25-26H2,1-3H3/t32-/m0/s1. The molecule has 2 aromatic heterocycles. The van der Waals surface area contributed by atoms with Crippen molar-refractivity contribution in [1.82, 2.24) is 19.6 Å². The molecule has 8 nitrogen and oxygen atoms in total. The second-order valence-corrected chi connectivity index (χ2v) is 16.3. The molecule has 0 spiro atoms. The summed E-state index contributed by atoms with van der Waals surface area (Å²) in [5.41, 5.74) is 5.27. The number of aliphatic hydroxyl groups excluding tert-OH is 1. The maximum Gasteiger partial charge on any atom is 0.274 e. The molecule has 6 rings (SSSR count). The van der Waals surface area contributed by atoms with Gasteiger partial charge in [-0.15, -0.1) is 0 Å². The van der Waals surface area contributed by atoms with Gasteiger partial charge < -0.3 is 19.9 Å². The van der Waals surface area contributed by atoms with Crippen molar-refractivity contribution >= 4 is 54.8 Å². The van der Waals surface area contributed by atoms with Crippen molar-refractivity contribution in [2.45, 2.75) is 75.3 Å². The van der Waals surface area contributed by atoms with Crippen molar-refractivity contribution < 1.29 is 14.7 Å². The van der Waals surface area contributed by atoms with Crippen LogP contribution in [-0.2, 0) is 13.0 Å². The van der Waals surface area contributed by atoms with Crippen LogP contribution in [0.15, 0.2) is 100 Å². The van der Waals surface area contributed by atoms with E-state index in [4.69, 9.17) is 5.10 Å². The molecule has 11 heteroatoms. The van der Waals surface area contributed by atoms with Gasteiger partial charge in [0.15, 0.2) is 5.69 Å². The van der Waals surface area contributed by atoms with Crippen molar-refractivity contribution in [3.05, 3.63) is 118 Å². The van der Waals surface area contributed by atoms with E-state index >= 15 is 0 Å². The van der Waals surface area contributed by atoms with Gasteiger partial charge in [-0.25, -0.2) is 4.68 Å². The summed E-state index contributed by atoms with van der Waals surface area (Å²) < 4.78 is 2.93. The van der Waals surface area contributed by atoms with Crippen molar-refractivity contribution in [2.24, 2.45) is 0 Å². The third kappa shape index (κ3) is 8.84. The molecule has 0 fully saturated rings. The van der Waals surface area contributed by atoms with E-state index in [9.17, 15) is 14.7 Å². The Labute approximate surface area is 311 Å². The first kappa shape index (κ1) is 36.6. The number of unbranched alkanes of at least 4 members (excludes halogenated alkanes) is 2. The number of aryl methyl sites for hydroxylation is 1. The minimum atomic E-state index is -0.355. The number of aliphatic hydroxyl groups is 1. The Balaban J connectivity index is 1.31. The van der Waals surface area contributed by atoms with Crippen LogP contribution in [0.1, 0.15) is 77.2 Å². The largest absolute Gasteiger partial charge is 0.407 e. The van der Waals surface area contributed by atoms with E-state index in [-0.39, 0.29) is 24.5 Å². The lowest BCUT2D eigenvalue weighted by molar-refractivity contribution is 0.0544. The van der Waals surface area contributed by atoms with E-state index in [1.54, 1.807) is 32.7 Å². The van der Waals surface area contributed by atoms with E-state index in [1.807, 2.05) is 72.5 Å². The summed E-state index contributed by atoms with van der Waals surface area (Å²) in [6.45, 7) is 7.84. The minimum absolute atomic E-state index is 0.0835. The van der Waals surface area contributed by atoms with E-state index in [0.29, 0.717) is 52.7 Å². The molecule has 51 heavy (non-hydrogen) atoms. The van der Waals surface area contributed by atoms with Gasteiger partial charge in [-0.1, -0.05) is 80.9 Å². The fourth-order valence-electron chi connectivity index (χ4n) is 6.31. The number of thiophene rings is 1. The first-order valence-electron chi connectivity index (χ1n) is 17.7. The number of rotatable bonds is 15. The first-order chi connectivity index (χ1) is 24.9. The van der Waals surface area contributed by atoms with Crippen LogP contribution in [0.4, 0.5) is 5.69 Å². The van der Waals surface area contributed by atoms with Crippen molar-refractivity contribution in [3.63, 3.8) is 0 Å². The number of hydrogen-bond acceptors (Lipinski definition) is 7. The number of hydrogen-bond donors (Lipinski definition) is 2. The van der Waals surface area contributed by atoms with Crippen LogP contribution in [0.3, 0.4) is 0 Å². The fraction of sp³-hybridized carbons (Fsp3) is 0.325. The molecular weight excluding hydrogens is 691 g/mol. The molecule has 0 bridgehead atoms. The third-order valence-electron chi connectivity index (χ3n) is 9.12. The van der Waals surface area contributed by atoms with Crippen LogP contribution in [0.2, 0.25) is 0 Å². The Kier molecular flexibility index (Phi) is 12.5. The Hall–Kier alpha value is -4.16. The van der Waals surface area contributed by atoms with Gasteiger partial charge in [0.05, 0.1) is 23.9 Å². The number of anilines is 1. The van der Waals surface area contributed by atoms with Crippen LogP contribution in [-0.4, -0.2) is 71.9 Å². The highest BCUT2D eigenvalue weighted by molar-refractivity contribution is 7.99. The van der Waals surface area contributed by atoms with E-state index in [0.717, 1.165) is 48.2 Å². The molecule has 0 saturated carbocycles. The highest BCUT2D eigenvalue weighted by Gasteiger charge is 2.32. The molecule has 3 aromatic carbocycles. The number of carbonyl (C=O) groups is 2. The van der Waals surface area contributed by atoms with E-state index < -0.39 is 0 Å². The third-order valence-corrected chi connectivity index (χ3v) is 12.5. The second-order valence-electron chi connectivity index (χ2n) is 12.9. The lowest BCUT2D eigenvalue weighted by atomic mass is 9.93. The zero-order chi connectivity index (χ0) is 35.7. The molecule has 264 valence electrons. The van der Waals surface area contributed by atoms with Crippen molar-refractivity contribution in [3.8, 4) is 5.69 Å². The average molecular weight is 736 g/mol. The summed E-state index contributed by atoms with van der Waals surface area (Å²) in [7, 11) is 0.306. The molecular formula is C40H45N5O3S2Si. The second kappa shape index (κ2) is 17.4. The molecule has 0 unspecified atom stereocenters. The smallest absolute Gasteiger partial charge is 0.274 e. The molecule has 0 aliphatic carbocycles. The molecule has 2 amide bonds. The highest BCUT2D eigenvalue weighted by Crippen LogP contribution is 2.30. The maximum atomic E-state index is 14.6. The topological polar surface area (TPSA) is 90.7 Å². The minimum Gasteiger partial charge on any atom is -0.407 e. The van der Waals surface area contributed by atoms with E-state index in [2.05, 4.69) is 48.5 Å². The van der Waals surface area contributed by atoms with Crippen molar-refractivity contribution in [2.75, 3.05) is 24.7 Å². The summed E-state index contributed by atoms with van der Waals surface area (Å²) in [5, 5.41) is 17.4. The predicted molar refractivity (Wildman–Crippen MR) is 209 cm³/mol. The van der Waals surface area contributed by atoms with Crippen molar-refractivity contribution in [1.29, 1.82) is 0 Å². The lowest BCUT2D eigenvalue weighted by Crippen LogP contribution is -2.46. The Morgan fingerprint density at radius 1 is 0.961 bits per heavy atom. The van der Waals surface area contributed by atoms with Gasteiger partial charge in [0.1, 0.15) is 0 Å². The SMILES string of the molecule is CCCCN(CCCC)C(=O)c1cc(C)n(-c2ccc(N[Si]c3cc(Sc4ccccc4)cs3)cc2C(=O)N2Cc3ccccc3C[C@H]2CO)n1. The zero-order valence-corrected chi connectivity index (χ0v) is 32.1. The number of amides is 2. The quantitative estimate of drug-likeness (QED) is 0.109. The number of carbonyl (C=O) groups excluding carboxylic acids is 2. The summed E-state index contributed by atoms with van der Waals surface area (Å²) in [6, 6.07) is 27.9. The van der Waals surface area contributed by atoms with Crippen LogP contribution >= 0.6 is 23.1 Å². The van der Waals surface area contributed by atoms with Gasteiger partial charge in [0, 0.05) is 50.7 Å². The molecule has 1 atom stereocenters.